The Hall–Kier alpha value is -2.99. The Kier molecular flexibility index (Phi) is 5.98. The van der Waals surface area contributed by atoms with Crippen LogP contribution in [0.5, 0.6) is 0 Å². The molecule has 0 spiro atoms. The second-order valence-corrected chi connectivity index (χ2v) is 6.72. The van der Waals surface area contributed by atoms with Crippen molar-refractivity contribution < 1.29 is 19.0 Å². The lowest BCUT2D eigenvalue weighted by atomic mass is 10.0. The van der Waals surface area contributed by atoms with Crippen LogP contribution in [0.2, 0.25) is 0 Å². The average molecular weight is 383 g/mol. The number of carboxylic acid groups (broad SMARTS) is 1. The fraction of sp³-hybridized carbons (Fsp3) is 0.143. The number of carboxylic acids is 1. The minimum Gasteiger partial charge on any atom is -0.496 e. The zero-order chi connectivity index (χ0) is 19.2. The first-order valence-corrected chi connectivity index (χ1v) is 9.22. The summed E-state index contributed by atoms with van der Waals surface area (Å²) < 4.78 is 18.3. The van der Waals surface area contributed by atoms with Crippen LogP contribution in [0.3, 0.4) is 0 Å². The van der Waals surface area contributed by atoms with Crippen molar-refractivity contribution in [1.82, 2.24) is 4.98 Å². The van der Waals surface area contributed by atoms with Crippen molar-refractivity contribution in [2.45, 2.75) is 12.8 Å². The molecule has 138 valence electrons. The van der Waals surface area contributed by atoms with Gasteiger partial charge in [0.1, 0.15) is 16.6 Å². The monoisotopic (exact) mass is 383 g/mol. The van der Waals surface area contributed by atoms with Crippen LogP contribution in [-0.4, -0.2) is 23.2 Å². The summed E-state index contributed by atoms with van der Waals surface area (Å²) in [5.41, 5.74) is 3.58. The fourth-order valence-corrected chi connectivity index (χ4v) is 3.61. The molecule has 3 rings (SSSR count). The van der Waals surface area contributed by atoms with Gasteiger partial charge in [0.25, 0.3) is 0 Å². The van der Waals surface area contributed by atoms with E-state index in [4.69, 9.17) is 9.84 Å². The first-order chi connectivity index (χ1) is 13.1. The fourth-order valence-electron chi connectivity index (χ4n) is 2.75. The van der Waals surface area contributed by atoms with Crippen LogP contribution < -0.4 is 0 Å². The molecule has 4 nitrogen and oxygen atoms in total. The van der Waals surface area contributed by atoms with Crippen LogP contribution in [0.15, 0.2) is 60.0 Å². The van der Waals surface area contributed by atoms with Crippen molar-refractivity contribution in [3.63, 3.8) is 0 Å². The Labute approximate surface area is 160 Å². The van der Waals surface area contributed by atoms with Crippen LogP contribution in [0.1, 0.15) is 16.8 Å². The third-order valence-electron chi connectivity index (χ3n) is 4.05. The Bertz CT molecular complexity index is 964. The van der Waals surface area contributed by atoms with Crippen molar-refractivity contribution >= 4 is 23.1 Å². The van der Waals surface area contributed by atoms with Gasteiger partial charge in [0, 0.05) is 16.5 Å². The van der Waals surface area contributed by atoms with Gasteiger partial charge in [-0.15, -0.1) is 11.3 Å². The molecule has 0 aliphatic heterocycles. The van der Waals surface area contributed by atoms with Gasteiger partial charge in [-0.2, -0.15) is 0 Å². The van der Waals surface area contributed by atoms with Gasteiger partial charge in [-0.25, -0.2) is 14.2 Å². The van der Waals surface area contributed by atoms with E-state index in [1.165, 1.54) is 30.6 Å². The van der Waals surface area contributed by atoms with E-state index in [-0.39, 0.29) is 5.82 Å². The number of carbonyl (C=O) groups is 1. The number of methoxy groups -OCH3 is 1. The normalized spacial score (nSPS) is 11.4. The lowest BCUT2D eigenvalue weighted by Crippen LogP contribution is -2.00. The van der Waals surface area contributed by atoms with Crippen LogP contribution >= 0.6 is 11.3 Å². The predicted molar refractivity (Wildman–Crippen MR) is 104 cm³/mol. The first kappa shape index (κ1) is 18.8. The molecule has 0 radical (unpaired) electrons. The van der Waals surface area contributed by atoms with Crippen LogP contribution in [-0.2, 0) is 22.4 Å². The van der Waals surface area contributed by atoms with Crippen molar-refractivity contribution in [1.29, 1.82) is 0 Å². The van der Waals surface area contributed by atoms with Gasteiger partial charge in [0.15, 0.2) is 0 Å². The van der Waals surface area contributed by atoms with Crippen LogP contribution in [0, 0.1) is 5.82 Å². The maximum atomic E-state index is 13.1. The molecule has 0 aliphatic carbocycles. The van der Waals surface area contributed by atoms with Crippen molar-refractivity contribution in [3.05, 3.63) is 82.6 Å². The lowest BCUT2D eigenvalue weighted by molar-refractivity contribution is -0.131. The smallest absolute Gasteiger partial charge is 0.332 e. The third-order valence-corrected chi connectivity index (χ3v) is 4.99. The standard InChI is InChI=1S/C21H18FNO3S/c1-26-19(12-20(24)25)18-5-3-2-4-14(18)8-11-17-13-27-21(23-17)15-6-9-16(22)10-7-15/h2-7,9-10,12-13H,8,11H2,1H3,(H,24,25)/b19-12-. The number of rotatable bonds is 7. The molecule has 0 saturated carbocycles. The second-order valence-electron chi connectivity index (χ2n) is 5.86. The van der Waals surface area contributed by atoms with E-state index < -0.39 is 5.97 Å². The van der Waals surface area contributed by atoms with Gasteiger partial charge >= 0.3 is 5.97 Å². The predicted octanol–water partition coefficient (Wildman–Crippen LogP) is 4.81. The summed E-state index contributed by atoms with van der Waals surface area (Å²) in [6, 6.07) is 13.8. The molecule has 1 N–H and O–H groups in total. The van der Waals surface area contributed by atoms with Gasteiger partial charge in [-0.3, -0.25) is 0 Å². The van der Waals surface area contributed by atoms with Crippen LogP contribution in [0.25, 0.3) is 16.3 Å². The van der Waals surface area contributed by atoms with E-state index in [0.29, 0.717) is 18.6 Å². The molecule has 1 heterocycles. The summed E-state index contributed by atoms with van der Waals surface area (Å²) in [6.45, 7) is 0. The molecule has 0 amide bonds. The number of hydrogen-bond acceptors (Lipinski definition) is 4. The molecular weight excluding hydrogens is 365 g/mol. The maximum Gasteiger partial charge on any atom is 0.332 e. The average Bonchev–Trinajstić information content (AvgIpc) is 3.14. The van der Waals surface area contributed by atoms with Crippen molar-refractivity contribution in [3.8, 4) is 10.6 Å². The van der Waals surface area contributed by atoms with E-state index in [0.717, 1.165) is 33.5 Å². The molecule has 2 aromatic carbocycles. The maximum absolute atomic E-state index is 13.1. The molecule has 0 atom stereocenters. The zero-order valence-corrected chi connectivity index (χ0v) is 15.5. The number of benzene rings is 2. The number of thiazole rings is 1. The van der Waals surface area contributed by atoms with Gasteiger partial charge < -0.3 is 9.84 Å². The van der Waals surface area contributed by atoms with E-state index >= 15 is 0 Å². The van der Waals surface area contributed by atoms with Crippen molar-refractivity contribution in [2.24, 2.45) is 0 Å². The summed E-state index contributed by atoms with van der Waals surface area (Å²) in [5.74, 6) is -0.996. The summed E-state index contributed by atoms with van der Waals surface area (Å²) in [4.78, 5) is 15.6. The Balaban J connectivity index is 1.76. The highest BCUT2D eigenvalue weighted by Gasteiger charge is 2.11. The van der Waals surface area contributed by atoms with Gasteiger partial charge in [0.05, 0.1) is 18.9 Å². The highest BCUT2D eigenvalue weighted by molar-refractivity contribution is 7.13. The quantitative estimate of drug-likeness (QED) is 0.470. The molecule has 0 aliphatic rings. The van der Waals surface area contributed by atoms with E-state index in [1.54, 1.807) is 12.1 Å². The number of aromatic nitrogens is 1. The number of ether oxygens (including phenoxy) is 1. The number of hydrogen-bond donors (Lipinski definition) is 1. The summed E-state index contributed by atoms with van der Waals surface area (Å²) in [6.07, 6.45) is 2.47. The molecule has 0 bridgehead atoms. The largest absolute Gasteiger partial charge is 0.496 e. The Morgan fingerprint density at radius 3 is 2.63 bits per heavy atom. The number of nitrogens with zero attached hydrogens (tertiary/aromatic N) is 1. The molecule has 6 heteroatoms. The topological polar surface area (TPSA) is 59.4 Å². The Morgan fingerprint density at radius 2 is 1.93 bits per heavy atom. The summed E-state index contributed by atoms with van der Waals surface area (Å²) in [7, 11) is 1.46. The molecule has 27 heavy (non-hydrogen) atoms. The van der Waals surface area contributed by atoms with Gasteiger partial charge in [-0.1, -0.05) is 24.3 Å². The van der Waals surface area contributed by atoms with Crippen LogP contribution in [0.4, 0.5) is 4.39 Å². The summed E-state index contributed by atoms with van der Waals surface area (Å²) in [5, 5.41) is 11.9. The zero-order valence-electron chi connectivity index (χ0n) is 14.7. The minimum atomic E-state index is -1.05. The Morgan fingerprint density at radius 1 is 1.19 bits per heavy atom. The number of aryl methyl sites for hydroxylation is 2. The lowest BCUT2D eigenvalue weighted by Gasteiger charge is -2.11. The van der Waals surface area contributed by atoms with E-state index in [1.807, 2.05) is 29.6 Å². The molecule has 0 fully saturated rings. The van der Waals surface area contributed by atoms with E-state index in [9.17, 15) is 9.18 Å². The molecule has 1 aromatic heterocycles. The minimum absolute atomic E-state index is 0.268. The highest BCUT2D eigenvalue weighted by Crippen LogP contribution is 2.26. The highest BCUT2D eigenvalue weighted by atomic mass is 32.1. The third kappa shape index (κ3) is 4.80. The van der Waals surface area contributed by atoms with Gasteiger partial charge in [0.2, 0.25) is 0 Å². The molecule has 3 aromatic rings. The molecule has 0 unspecified atom stereocenters. The van der Waals surface area contributed by atoms with Gasteiger partial charge in [-0.05, 0) is 42.7 Å². The van der Waals surface area contributed by atoms with E-state index in [2.05, 4.69) is 4.98 Å². The first-order valence-electron chi connectivity index (χ1n) is 8.34. The number of aliphatic carboxylic acids is 1. The molecule has 0 saturated heterocycles. The SMILES string of the molecule is CO/C(=C\C(=O)O)c1ccccc1CCc1csc(-c2ccc(F)cc2)n1. The number of halogens is 1. The second kappa shape index (κ2) is 8.60. The summed E-state index contributed by atoms with van der Waals surface area (Å²) >= 11 is 1.52. The van der Waals surface area contributed by atoms with Crippen molar-refractivity contribution in [2.75, 3.05) is 7.11 Å². The molecular formula is C21H18FNO3S.